The number of hydrogen-bond donors (Lipinski definition) is 1. The lowest BCUT2D eigenvalue weighted by molar-refractivity contribution is 0.101. The van der Waals surface area contributed by atoms with Crippen molar-refractivity contribution >= 4 is 11.3 Å². The second-order valence-electron chi connectivity index (χ2n) is 6.78. The molecule has 1 aromatic heterocycles. The van der Waals surface area contributed by atoms with E-state index >= 15 is 0 Å². The fourth-order valence-corrected chi connectivity index (χ4v) is 4.83. The molecule has 2 fully saturated rings. The van der Waals surface area contributed by atoms with Crippen molar-refractivity contribution in [1.82, 2.24) is 15.1 Å². The van der Waals surface area contributed by atoms with Gasteiger partial charge in [-0.2, -0.15) is 0 Å². The zero-order valence-corrected chi connectivity index (χ0v) is 14.3. The largest absolute Gasteiger partial charge is 0.314 e. The number of nitrogens with zero attached hydrogens (tertiary/aromatic N) is 2. The van der Waals surface area contributed by atoms with Crippen molar-refractivity contribution in [3.63, 3.8) is 0 Å². The van der Waals surface area contributed by atoms with Gasteiger partial charge in [0.25, 0.3) is 0 Å². The first-order valence-electron chi connectivity index (χ1n) is 8.45. The van der Waals surface area contributed by atoms with Crippen LogP contribution in [0.3, 0.4) is 0 Å². The van der Waals surface area contributed by atoms with Crippen molar-refractivity contribution < 1.29 is 0 Å². The number of thiophene rings is 1. The third-order valence-corrected chi connectivity index (χ3v) is 6.09. The third-order valence-electron chi connectivity index (χ3n) is 4.97. The Hall–Kier alpha value is -0.420. The van der Waals surface area contributed by atoms with Gasteiger partial charge in [-0.1, -0.05) is 6.92 Å². The van der Waals surface area contributed by atoms with Crippen LogP contribution in [0.15, 0.2) is 11.4 Å². The summed E-state index contributed by atoms with van der Waals surface area (Å²) in [5.74, 6) is 0.867. The van der Waals surface area contributed by atoms with Gasteiger partial charge < -0.3 is 10.2 Å². The van der Waals surface area contributed by atoms with Crippen molar-refractivity contribution in [2.45, 2.75) is 32.7 Å². The van der Waals surface area contributed by atoms with Crippen LogP contribution in [0.4, 0.5) is 0 Å². The molecule has 118 valence electrons. The molecule has 0 bridgehead atoms. The van der Waals surface area contributed by atoms with Crippen LogP contribution < -0.4 is 5.32 Å². The molecule has 3 heterocycles. The number of rotatable bonds is 4. The van der Waals surface area contributed by atoms with E-state index in [2.05, 4.69) is 40.4 Å². The fourth-order valence-electron chi connectivity index (χ4n) is 3.78. The van der Waals surface area contributed by atoms with Crippen molar-refractivity contribution in [3.05, 3.63) is 21.9 Å². The first-order valence-corrected chi connectivity index (χ1v) is 9.33. The molecule has 0 saturated carbocycles. The van der Waals surface area contributed by atoms with Crippen molar-refractivity contribution in [2.75, 3.05) is 45.8 Å². The first-order chi connectivity index (χ1) is 10.2. The maximum atomic E-state index is 3.49. The van der Waals surface area contributed by atoms with E-state index in [1.54, 1.807) is 4.88 Å². The van der Waals surface area contributed by atoms with E-state index in [-0.39, 0.29) is 0 Å². The molecule has 0 amide bonds. The molecule has 0 aromatic carbocycles. The van der Waals surface area contributed by atoms with E-state index in [9.17, 15) is 0 Å². The van der Waals surface area contributed by atoms with Crippen LogP contribution >= 0.6 is 11.3 Å². The second kappa shape index (κ2) is 7.23. The van der Waals surface area contributed by atoms with Crippen LogP contribution in [0.2, 0.25) is 0 Å². The SMILES string of the molecule is Cc1ccsc1C(CN1CCCC(C)C1)N1CCNCC1. The van der Waals surface area contributed by atoms with Crippen LogP contribution in [-0.4, -0.2) is 55.6 Å². The van der Waals surface area contributed by atoms with E-state index in [1.807, 2.05) is 11.3 Å². The maximum absolute atomic E-state index is 3.49. The Balaban J connectivity index is 1.73. The summed E-state index contributed by atoms with van der Waals surface area (Å²) in [4.78, 5) is 7.00. The Labute approximate surface area is 133 Å². The van der Waals surface area contributed by atoms with Gasteiger partial charge in [-0.05, 0) is 49.2 Å². The number of hydrogen-bond acceptors (Lipinski definition) is 4. The maximum Gasteiger partial charge on any atom is 0.0572 e. The Kier molecular flexibility index (Phi) is 5.33. The molecule has 0 radical (unpaired) electrons. The van der Waals surface area contributed by atoms with Crippen LogP contribution in [0.1, 0.15) is 36.2 Å². The number of piperazine rings is 1. The standard InChI is InChI=1S/C17H29N3S/c1-14-4-3-8-19(12-14)13-16(17-15(2)5-11-21-17)20-9-6-18-7-10-20/h5,11,14,16,18H,3-4,6-10,12-13H2,1-2H3. The van der Waals surface area contributed by atoms with Crippen molar-refractivity contribution in [1.29, 1.82) is 0 Å². The molecule has 0 aliphatic carbocycles. The average Bonchev–Trinajstić information content (AvgIpc) is 2.92. The highest BCUT2D eigenvalue weighted by atomic mass is 32.1. The van der Waals surface area contributed by atoms with E-state index in [4.69, 9.17) is 0 Å². The molecule has 21 heavy (non-hydrogen) atoms. The van der Waals surface area contributed by atoms with Crippen LogP contribution in [0.5, 0.6) is 0 Å². The summed E-state index contributed by atoms with van der Waals surface area (Å²) >= 11 is 1.95. The Morgan fingerprint density at radius 2 is 2.14 bits per heavy atom. The van der Waals surface area contributed by atoms with Gasteiger partial charge in [0.05, 0.1) is 6.04 Å². The third kappa shape index (κ3) is 3.86. The summed E-state index contributed by atoms with van der Waals surface area (Å²) in [6.07, 6.45) is 2.78. The van der Waals surface area contributed by atoms with Crippen LogP contribution in [0.25, 0.3) is 0 Å². The molecule has 2 unspecified atom stereocenters. The van der Waals surface area contributed by atoms with Crippen molar-refractivity contribution in [3.8, 4) is 0 Å². The molecular weight excluding hydrogens is 278 g/mol. The first kappa shape index (κ1) is 15.5. The second-order valence-corrected chi connectivity index (χ2v) is 7.72. The van der Waals surface area contributed by atoms with E-state index in [0.717, 1.165) is 19.0 Å². The minimum absolute atomic E-state index is 0.595. The fraction of sp³-hybridized carbons (Fsp3) is 0.765. The minimum Gasteiger partial charge on any atom is -0.314 e. The normalized spacial score (nSPS) is 26.9. The highest BCUT2D eigenvalue weighted by Gasteiger charge is 2.28. The average molecular weight is 308 g/mol. The minimum atomic E-state index is 0.595. The molecular formula is C17H29N3S. The molecule has 1 aromatic rings. The predicted octanol–water partition coefficient (Wildman–Crippen LogP) is 2.73. The van der Waals surface area contributed by atoms with E-state index in [1.165, 1.54) is 51.1 Å². The van der Waals surface area contributed by atoms with Crippen molar-refractivity contribution in [2.24, 2.45) is 5.92 Å². The zero-order valence-electron chi connectivity index (χ0n) is 13.5. The predicted molar refractivity (Wildman–Crippen MR) is 91.1 cm³/mol. The van der Waals surface area contributed by atoms with Gasteiger partial charge in [0, 0.05) is 44.1 Å². The summed E-state index contributed by atoms with van der Waals surface area (Å²) in [6, 6.07) is 2.88. The van der Waals surface area contributed by atoms with Gasteiger partial charge in [-0.15, -0.1) is 11.3 Å². The van der Waals surface area contributed by atoms with Gasteiger partial charge >= 0.3 is 0 Å². The molecule has 2 aliphatic heterocycles. The lowest BCUT2D eigenvalue weighted by Crippen LogP contribution is -2.49. The molecule has 3 nitrogen and oxygen atoms in total. The molecule has 2 aliphatic rings. The van der Waals surface area contributed by atoms with E-state index < -0.39 is 0 Å². The van der Waals surface area contributed by atoms with Gasteiger partial charge in [-0.3, -0.25) is 4.90 Å². The lowest BCUT2D eigenvalue weighted by atomic mass is 9.99. The molecule has 2 atom stereocenters. The van der Waals surface area contributed by atoms with Crippen LogP contribution in [0, 0.1) is 12.8 Å². The summed E-state index contributed by atoms with van der Waals surface area (Å²) in [6.45, 7) is 13.1. The summed E-state index contributed by atoms with van der Waals surface area (Å²) in [5.41, 5.74) is 1.48. The molecule has 0 spiro atoms. The Bertz CT molecular complexity index is 439. The lowest BCUT2D eigenvalue weighted by Gasteiger charge is -2.40. The highest BCUT2D eigenvalue weighted by Crippen LogP contribution is 2.31. The van der Waals surface area contributed by atoms with Gasteiger partial charge in [0.2, 0.25) is 0 Å². The summed E-state index contributed by atoms with van der Waals surface area (Å²) in [5, 5.41) is 5.75. The summed E-state index contributed by atoms with van der Waals surface area (Å²) in [7, 11) is 0. The van der Waals surface area contributed by atoms with Gasteiger partial charge in [0.15, 0.2) is 0 Å². The Morgan fingerprint density at radius 3 is 2.81 bits per heavy atom. The smallest absolute Gasteiger partial charge is 0.0572 e. The molecule has 2 saturated heterocycles. The molecule has 4 heteroatoms. The zero-order chi connectivity index (χ0) is 14.7. The van der Waals surface area contributed by atoms with Crippen LogP contribution in [-0.2, 0) is 0 Å². The monoisotopic (exact) mass is 307 g/mol. The summed E-state index contributed by atoms with van der Waals surface area (Å²) < 4.78 is 0. The Morgan fingerprint density at radius 1 is 1.33 bits per heavy atom. The van der Waals surface area contributed by atoms with Gasteiger partial charge in [0.1, 0.15) is 0 Å². The molecule has 1 N–H and O–H groups in total. The number of nitrogens with one attached hydrogen (secondary N) is 1. The quantitative estimate of drug-likeness (QED) is 0.923. The van der Waals surface area contributed by atoms with E-state index in [0.29, 0.717) is 6.04 Å². The number of aryl methyl sites for hydroxylation is 1. The number of likely N-dealkylation sites (tertiary alicyclic amines) is 1. The molecule has 3 rings (SSSR count). The highest BCUT2D eigenvalue weighted by molar-refractivity contribution is 7.10. The topological polar surface area (TPSA) is 18.5 Å². The van der Waals surface area contributed by atoms with Gasteiger partial charge in [-0.25, -0.2) is 0 Å². The number of piperidine rings is 1.